The van der Waals surface area contributed by atoms with Gasteiger partial charge in [0.1, 0.15) is 10.1 Å². The minimum absolute atomic E-state index is 0.0750. The zero-order valence-electron chi connectivity index (χ0n) is 15.7. The number of nitrogens with zero attached hydrogens (tertiary/aromatic N) is 1. The molecule has 1 aliphatic heterocycles. The van der Waals surface area contributed by atoms with Crippen molar-refractivity contribution < 1.29 is 19.4 Å². The molecule has 146 valence electrons. The van der Waals surface area contributed by atoms with Gasteiger partial charge >= 0.3 is 0 Å². The van der Waals surface area contributed by atoms with Gasteiger partial charge in [-0.05, 0) is 54.8 Å². The molecule has 2 aromatic rings. The van der Waals surface area contributed by atoms with Gasteiger partial charge in [-0.1, -0.05) is 42.2 Å². The highest BCUT2D eigenvalue weighted by Crippen LogP contribution is 2.34. The number of methoxy groups -OCH3 is 1. The van der Waals surface area contributed by atoms with Gasteiger partial charge in [0.2, 0.25) is 0 Å². The van der Waals surface area contributed by atoms with Crippen LogP contribution in [0.4, 0.5) is 0 Å². The van der Waals surface area contributed by atoms with Crippen LogP contribution in [0.15, 0.2) is 47.4 Å². The Labute approximate surface area is 174 Å². The molecular formula is C21H21NO4S2. The van der Waals surface area contributed by atoms with E-state index >= 15 is 0 Å². The van der Waals surface area contributed by atoms with Crippen molar-refractivity contribution in [3.8, 4) is 17.2 Å². The van der Waals surface area contributed by atoms with Crippen LogP contribution in [-0.2, 0) is 11.2 Å². The molecule has 0 radical (unpaired) electrons. The molecule has 1 fully saturated rings. The van der Waals surface area contributed by atoms with Crippen LogP contribution in [0.5, 0.6) is 17.2 Å². The summed E-state index contributed by atoms with van der Waals surface area (Å²) in [6, 6.07) is 12.8. The Kier molecular flexibility index (Phi) is 6.59. The predicted octanol–water partition coefficient (Wildman–Crippen LogP) is 4.24. The Balaban J connectivity index is 1.70. The zero-order valence-corrected chi connectivity index (χ0v) is 17.3. The number of amides is 1. The fourth-order valence-corrected chi connectivity index (χ4v) is 4.08. The van der Waals surface area contributed by atoms with Crippen LogP contribution in [0, 0.1) is 0 Å². The molecule has 5 nitrogen and oxygen atoms in total. The van der Waals surface area contributed by atoms with E-state index in [0.717, 1.165) is 16.9 Å². The van der Waals surface area contributed by atoms with Crippen LogP contribution >= 0.6 is 24.0 Å². The smallest absolute Gasteiger partial charge is 0.266 e. The number of carbonyl (C=O) groups excluding carboxylic acids is 1. The second-order valence-corrected chi connectivity index (χ2v) is 7.77. The normalized spacial score (nSPS) is 15.4. The van der Waals surface area contributed by atoms with Gasteiger partial charge in [0.25, 0.3) is 5.91 Å². The Morgan fingerprint density at radius 3 is 2.64 bits per heavy atom. The molecule has 1 saturated heterocycles. The molecule has 1 N–H and O–H groups in total. The number of ether oxygens (including phenoxy) is 2. The van der Waals surface area contributed by atoms with Crippen molar-refractivity contribution in [1.82, 2.24) is 4.90 Å². The van der Waals surface area contributed by atoms with Gasteiger partial charge < -0.3 is 14.6 Å². The number of hydrogen-bond donors (Lipinski definition) is 1. The van der Waals surface area contributed by atoms with Crippen molar-refractivity contribution in [2.75, 3.05) is 20.3 Å². The quantitative estimate of drug-likeness (QED) is 0.539. The van der Waals surface area contributed by atoms with Crippen LogP contribution in [0.1, 0.15) is 18.1 Å². The molecular weight excluding hydrogens is 394 g/mol. The molecule has 28 heavy (non-hydrogen) atoms. The van der Waals surface area contributed by atoms with Gasteiger partial charge in [0.15, 0.2) is 11.5 Å². The Morgan fingerprint density at radius 2 is 1.96 bits per heavy atom. The van der Waals surface area contributed by atoms with Crippen molar-refractivity contribution in [2.24, 2.45) is 0 Å². The molecule has 0 saturated carbocycles. The number of benzene rings is 2. The summed E-state index contributed by atoms with van der Waals surface area (Å²) < 4.78 is 11.1. The highest BCUT2D eigenvalue weighted by atomic mass is 32.2. The molecule has 1 amide bonds. The lowest BCUT2D eigenvalue weighted by molar-refractivity contribution is -0.122. The van der Waals surface area contributed by atoms with E-state index in [-0.39, 0.29) is 11.7 Å². The molecule has 0 atom stereocenters. The third-order valence-electron chi connectivity index (χ3n) is 4.24. The van der Waals surface area contributed by atoms with Crippen LogP contribution in [-0.4, -0.2) is 40.5 Å². The van der Waals surface area contributed by atoms with Crippen molar-refractivity contribution in [1.29, 1.82) is 0 Å². The largest absolute Gasteiger partial charge is 0.504 e. The maximum atomic E-state index is 12.8. The second kappa shape index (κ2) is 9.12. The highest BCUT2D eigenvalue weighted by Gasteiger charge is 2.31. The van der Waals surface area contributed by atoms with E-state index < -0.39 is 0 Å². The predicted molar refractivity (Wildman–Crippen MR) is 116 cm³/mol. The number of phenols is 1. The van der Waals surface area contributed by atoms with Gasteiger partial charge in [-0.3, -0.25) is 9.69 Å². The molecule has 0 unspecified atom stereocenters. The van der Waals surface area contributed by atoms with Crippen LogP contribution < -0.4 is 9.47 Å². The number of carbonyl (C=O) groups is 1. The van der Waals surface area contributed by atoms with Gasteiger partial charge in [-0.2, -0.15) is 0 Å². The van der Waals surface area contributed by atoms with E-state index in [2.05, 4.69) is 0 Å². The van der Waals surface area contributed by atoms with E-state index in [1.165, 1.54) is 11.8 Å². The zero-order chi connectivity index (χ0) is 20.1. The number of rotatable bonds is 7. The molecule has 1 heterocycles. The van der Waals surface area contributed by atoms with Crippen molar-refractivity contribution in [3.63, 3.8) is 0 Å². The topological polar surface area (TPSA) is 59.0 Å². The SMILES string of the molecule is CCOc1cc(/C=C2\SC(=S)N(CCc3ccc(OC)cc3)C2=O)ccc1O. The summed E-state index contributed by atoms with van der Waals surface area (Å²) in [5, 5.41) is 9.82. The second-order valence-electron chi connectivity index (χ2n) is 6.09. The Hall–Kier alpha value is -2.51. The number of thiocarbonyl (C=S) groups is 1. The number of thioether (sulfide) groups is 1. The van der Waals surface area contributed by atoms with Gasteiger partial charge in [-0.25, -0.2) is 0 Å². The lowest BCUT2D eigenvalue weighted by atomic mass is 10.1. The molecule has 7 heteroatoms. The lowest BCUT2D eigenvalue weighted by Gasteiger charge is -2.14. The van der Waals surface area contributed by atoms with Gasteiger partial charge in [-0.15, -0.1) is 0 Å². The minimum atomic E-state index is -0.102. The summed E-state index contributed by atoms with van der Waals surface area (Å²) in [6.45, 7) is 2.82. The molecule has 1 aliphatic rings. The third-order valence-corrected chi connectivity index (χ3v) is 5.62. The Morgan fingerprint density at radius 1 is 1.21 bits per heavy atom. The molecule has 2 aromatic carbocycles. The van der Waals surface area contributed by atoms with Gasteiger partial charge in [0, 0.05) is 6.54 Å². The number of aromatic hydroxyl groups is 1. The molecule has 0 spiro atoms. The average Bonchev–Trinajstić information content (AvgIpc) is 2.96. The fourth-order valence-electron chi connectivity index (χ4n) is 2.77. The molecule has 0 aliphatic carbocycles. The maximum absolute atomic E-state index is 12.8. The maximum Gasteiger partial charge on any atom is 0.266 e. The van der Waals surface area contributed by atoms with E-state index in [4.69, 9.17) is 21.7 Å². The average molecular weight is 416 g/mol. The number of phenolic OH excluding ortho intramolecular Hbond substituents is 1. The first-order valence-corrected chi connectivity index (χ1v) is 10.1. The lowest BCUT2D eigenvalue weighted by Crippen LogP contribution is -2.30. The third kappa shape index (κ3) is 4.66. The molecule has 0 bridgehead atoms. The van der Waals surface area contributed by atoms with Gasteiger partial charge in [0.05, 0.1) is 18.6 Å². The standard InChI is InChI=1S/C21H21NO4S2/c1-3-26-18-12-15(6-9-17(18)23)13-19-20(24)22(21(27)28-19)11-10-14-4-7-16(25-2)8-5-14/h4-9,12-13,23H,3,10-11H2,1-2H3/b19-13-. The first kappa shape index (κ1) is 20.2. The highest BCUT2D eigenvalue weighted by molar-refractivity contribution is 8.26. The summed E-state index contributed by atoms with van der Waals surface area (Å²) >= 11 is 6.68. The molecule has 0 aromatic heterocycles. The number of hydrogen-bond acceptors (Lipinski definition) is 6. The fraction of sp³-hybridized carbons (Fsp3) is 0.238. The first-order valence-electron chi connectivity index (χ1n) is 8.86. The van der Waals surface area contributed by atoms with E-state index in [0.29, 0.717) is 34.5 Å². The summed E-state index contributed by atoms with van der Waals surface area (Å²) in [6.07, 6.45) is 2.48. The summed E-state index contributed by atoms with van der Waals surface area (Å²) in [4.78, 5) is 15.0. The monoisotopic (exact) mass is 415 g/mol. The Bertz CT molecular complexity index is 909. The first-order chi connectivity index (χ1) is 13.5. The van der Waals surface area contributed by atoms with E-state index in [1.54, 1.807) is 36.3 Å². The van der Waals surface area contributed by atoms with Crippen molar-refractivity contribution >= 4 is 40.3 Å². The summed E-state index contributed by atoms with van der Waals surface area (Å²) in [5.41, 5.74) is 1.88. The van der Waals surface area contributed by atoms with Crippen LogP contribution in [0.25, 0.3) is 6.08 Å². The summed E-state index contributed by atoms with van der Waals surface area (Å²) in [5.74, 6) is 1.17. The van der Waals surface area contributed by atoms with E-state index in [9.17, 15) is 9.90 Å². The molecule has 3 rings (SSSR count). The van der Waals surface area contributed by atoms with Crippen molar-refractivity contribution in [2.45, 2.75) is 13.3 Å². The van der Waals surface area contributed by atoms with Crippen molar-refractivity contribution in [3.05, 3.63) is 58.5 Å². The van der Waals surface area contributed by atoms with Crippen LogP contribution in [0.2, 0.25) is 0 Å². The minimum Gasteiger partial charge on any atom is -0.504 e. The van der Waals surface area contributed by atoms with E-state index in [1.807, 2.05) is 31.2 Å². The van der Waals surface area contributed by atoms with Crippen LogP contribution in [0.3, 0.4) is 0 Å². The summed E-state index contributed by atoms with van der Waals surface area (Å²) in [7, 11) is 1.63.